The summed E-state index contributed by atoms with van der Waals surface area (Å²) >= 11 is 0. The van der Waals surface area contributed by atoms with Gasteiger partial charge in [-0.3, -0.25) is 4.68 Å². The molecule has 86 valence electrons. The van der Waals surface area contributed by atoms with Crippen LogP contribution in [0, 0.1) is 18.3 Å². The molecule has 1 heterocycles. The summed E-state index contributed by atoms with van der Waals surface area (Å²) < 4.78 is 1.77. The lowest BCUT2D eigenvalue weighted by atomic mass is 10.1. The number of hydrogen-bond acceptors (Lipinski definition) is 3. The molecule has 2 rings (SSSR count). The van der Waals surface area contributed by atoms with Crippen LogP contribution in [0.4, 0.5) is 5.69 Å². The van der Waals surface area contributed by atoms with Crippen LogP contribution in [-0.4, -0.2) is 9.78 Å². The third-order valence-corrected chi connectivity index (χ3v) is 2.60. The smallest absolute Gasteiger partial charge is 0.0992 e. The van der Waals surface area contributed by atoms with Crippen LogP contribution in [-0.2, 0) is 13.6 Å². The highest BCUT2D eigenvalue weighted by molar-refractivity contribution is 5.55. The lowest BCUT2D eigenvalue weighted by molar-refractivity contribution is 0.747. The second-order valence-electron chi connectivity index (χ2n) is 3.98. The maximum Gasteiger partial charge on any atom is 0.0992 e. The third-order valence-electron chi connectivity index (χ3n) is 2.60. The maximum atomic E-state index is 8.85. The lowest BCUT2D eigenvalue weighted by Gasteiger charge is -2.08. The van der Waals surface area contributed by atoms with Gasteiger partial charge < -0.3 is 5.32 Å². The highest BCUT2D eigenvalue weighted by Crippen LogP contribution is 2.17. The summed E-state index contributed by atoms with van der Waals surface area (Å²) in [5.41, 5.74) is 3.75. The number of hydrogen-bond donors (Lipinski definition) is 1. The molecule has 0 amide bonds. The Bertz CT molecular complexity index is 563. The number of anilines is 1. The molecule has 1 N–H and O–H groups in total. The van der Waals surface area contributed by atoms with Crippen molar-refractivity contribution < 1.29 is 0 Å². The van der Waals surface area contributed by atoms with Crippen LogP contribution in [0.25, 0.3) is 0 Å². The average Bonchev–Trinajstić information content (AvgIpc) is 2.74. The summed E-state index contributed by atoms with van der Waals surface area (Å²) in [6.45, 7) is 2.68. The van der Waals surface area contributed by atoms with Crippen LogP contribution < -0.4 is 5.32 Å². The summed E-state index contributed by atoms with van der Waals surface area (Å²) in [5.74, 6) is 0. The van der Waals surface area contributed by atoms with E-state index < -0.39 is 0 Å². The second-order valence-corrected chi connectivity index (χ2v) is 3.98. The predicted molar refractivity (Wildman–Crippen MR) is 66.4 cm³/mol. The van der Waals surface area contributed by atoms with Crippen LogP contribution in [0.2, 0.25) is 0 Å². The first-order valence-electron chi connectivity index (χ1n) is 5.42. The molecule has 0 atom stereocenters. The summed E-state index contributed by atoms with van der Waals surface area (Å²) in [6.07, 6.45) is 1.91. The van der Waals surface area contributed by atoms with Crippen molar-refractivity contribution in [3.05, 3.63) is 47.3 Å². The van der Waals surface area contributed by atoms with Crippen LogP contribution in [0.5, 0.6) is 0 Å². The van der Waals surface area contributed by atoms with Crippen molar-refractivity contribution in [1.29, 1.82) is 5.26 Å². The van der Waals surface area contributed by atoms with Crippen molar-refractivity contribution in [3.63, 3.8) is 0 Å². The fourth-order valence-corrected chi connectivity index (χ4v) is 1.63. The van der Waals surface area contributed by atoms with Gasteiger partial charge in [-0.05, 0) is 30.7 Å². The van der Waals surface area contributed by atoms with E-state index in [9.17, 15) is 0 Å². The van der Waals surface area contributed by atoms with Gasteiger partial charge in [0.25, 0.3) is 0 Å². The first-order valence-corrected chi connectivity index (χ1v) is 5.42. The minimum Gasteiger partial charge on any atom is -0.379 e. The summed E-state index contributed by atoms with van der Waals surface area (Å²) in [6, 6.07) is 9.73. The number of rotatable bonds is 3. The molecule has 0 spiro atoms. The predicted octanol–water partition coefficient (Wildman–Crippen LogP) is 2.21. The van der Waals surface area contributed by atoms with Gasteiger partial charge in [0.05, 0.1) is 23.9 Å². The van der Waals surface area contributed by atoms with Gasteiger partial charge in [0, 0.05) is 18.9 Å². The Kier molecular flexibility index (Phi) is 3.10. The molecule has 0 radical (unpaired) electrons. The fourth-order valence-electron chi connectivity index (χ4n) is 1.63. The molecular weight excluding hydrogens is 212 g/mol. The summed E-state index contributed by atoms with van der Waals surface area (Å²) in [5, 5.41) is 16.4. The fraction of sp³-hybridized carbons (Fsp3) is 0.231. The Morgan fingerprint density at radius 1 is 1.41 bits per heavy atom. The SMILES string of the molecule is Cc1ccc(C#N)cc1NCc1ccn(C)n1. The normalized spacial score (nSPS) is 9.94. The molecular formula is C13H14N4. The highest BCUT2D eigenvalue weighted by Gasteiger charge is 2.01. The molecule has 0 aliphatic heterocycles. The van der Waals surface area contributed by atoms with E-state index in [1.165, 1.54) is 0 Å². The molecule has 0 aliphatic rings. The Morgan fingerprint density at radius 3 is 2.88 bits per heavy atom. The zero-order valence-corrected chi connectivity index (χ0v) is 9.94. The minimum atomic E-state index is 0.663. The average molecular weight is 226 g/mol. The van der Waals surface area contributed by atoms with Crippen molar-refractivity contribution >= 4 is 5.69 Å². The number of aryl methyl sites for hydroxylation is 2. The van der Waals surface area contributed by atoms with Crippen LogP contribution in [0.1, 0.15) is 16.8 Å². The monoisotopic (exact) mass is 226 g/mol. The topological polar surface area (TPSA) is 53.6 Å². The van der Waals surface area contributed by atoms with E-state index in [2.05, 4.69) is 16.5 Å². The molecule has 1 aromatic carbocycles. The largest absolute Gasteiger partial charge is 0.379 e. The van der Waals surface area contributed by atoms with Gasteiger partial charge in [-0.1, -0.05) is 6.07 Å². The summed E-state index contributed by atoms with van der Waals surface area (Å²) in [7, 11) is 1.89. The Hall–Kier alpha value is -2.28. The van der Waals surface area contributed by atoms with Crippen LogP contribution in [0.3, 0.4) is 0 Å². The molecule has 0 saturated carbocycles. The van der Waals surface area contributed by atoms with Crippen LogP contribution in [0.15, 0.2) is 30.5 Å². The molecule has 4 heteroatoms. The molecule has 1 aromatic heterocycles. The van der Waals surface area contributed by atoms with E-state index in [1.54, 1.807) is 4.68 Å². The Balaban J connectivity index is 2.11. The Labute approximate surface area is 100 Å². The van der Waals surface area contributed by atoms with Gasteiger partial charge in [-0.25, -0.2) is 0 Å². The quantitative estimate of drug-likeness (QED) is 0.873. The molecule has 0 unspecified atom stereocenters. The highest BCUT2D eigenvalue weighted by atomic mass is 15.3. The molecule has 0 bridgehead atoms. The van der Waals surface area contributed by atoms with E-state index >= 15 is 0 Å². The van der Waals surface area contributed by atoms with Gasteiger partial charge in [0.15, 0.2) is 0 Å². The third kappa shape index (κ3) is 2.64. The molecule has 2 aromatic rings. The second kappa shape index (κ2) is 4.71. The van der Waals surface area contributed by atoms with Gasteiger partial charge >= 0.3 is 0 Å². The molecule has 4 nitrogen and oxygen atoms in total. The van der Waals surface area contributed by atoms with E-state index in [0.717, 1.165) is 16.9 Å². The Morgan fingerprint density at radius 2 is 2.24 bits per heavy atom. The molecule has 0 fully saturated rings. The number of benzene rings is 1. The van der Waals surface area contributed by atoms with E-state index in [-0.39, 0.29) is 0 Å². The number of nitriles is 1. The van der Waals surface area contributed by atoms with E-state index in [4.69, 9.17) is 5.26 Å². The van der Waals surface area contributed by atoms with Crippen molar-refractivity contribution in [1.82, 2.24) is 9.78 Å². The number of aromatic nitrogens is 2. The maximum absolute atomic E-state index is 8.85. The molecule has 0 saturated heterocycles. The van der Waals surface area contributed by atoms with E-state index in [1.807, 2.05) is 44.4 Å². The van der Waals surface area contributed by atoms with Gasteiger partial charge in [-0.2, -0.15) is 10.4 Å². The van der Waals surface area contributed by atoms with Gasteiger partial charge in [0.2, 0.25) is 0 Å². The first kappa shape index (κ1) is 11.2. The molecule has 0 aliphatic carbocycles. The van der Waals surface area contributed by atoms with Gasteiger partial charge in [0.1, 0.15) is 0 Å². The van der Waals surface area contributed by atoms with Crippen molar-refractivity contribution in [2.75, 3.05) is 5.32 Å². The van der Waals surface area contributed by atoms with Crippen molar-refractivity contribution in [2.24, 2.45) is 7.05 Å². The summed E-state index contributed by atoms with van der Waals surface area (Å²) in [4.78, 5) is 0. The van der Waals surface area contributed by atoms with Crippen molar-refractivity contribution in [3.8, 4) is 6.07 Å². The standard InChI is InChI=1S/C13H14N4/c1-10-3-4-11(8-14)7-13(10)15-9-12-5-6-17(2)16-12/h3-7,15H,9H2,1-2H3. The first-order chi connectivity index (χ1) is 8.19. The van der Waals surface area contributed by atoms with E-state index in [0.29, 0.717) is 12.1 Å². The molecule has 17 heavy (non-hydrogen) atoms. The number of nitrogens with one attached hydrogen (secondary N) is 1. The zero-order valence-electron chi connectivity index (χ0n) is 9.94. The minimum absolute atomic E-state index is 0.663. The van der Waals surface area contributed by atoms with Crippen molar-refractivity contribution in [2.45, 2.75) is 13.5 Å². The lowest BCUT2D eigenvalue weighted by Crippen LogP contribution is -2.02. The van der Waals surface area contributed by atoms with Crippen LogP contribution >= 0.6 is 0 Å². The van der Waals surface area contributed by atoms with Gasteiger partial charge in [-0.15, -0.1) is 0 Å². The number of nitrogens with zero attached hydrogens (tertiary/aromatic N) is 3. The zero-order chi connectivity index (χ0) is 12.3.